The summed E-state index contributed by atoms with van der Waals surface area (Å²) in [7, 11) is 0.583. The number of nitrogens with two attached hydrogens (primary N) is 1. The van der Waals surface area contributed by atoms with E-state index in [1.54, 1.807) is 98.8 Å². The van der Waals surface area contributed by atoms with Crippen molar-refractivity contribution < 1.29 is 156 Å². The Balaban J connectivity index is 0.000000215. The van der Waals surface area contributed by atoms with Crippen molar-refractivity contribution in [3.05, 3.63) is 270 Å². The summed E-state index contributed by atoms with van der Waals surface area (Å²) < 4.78 is 92.1. The van der Waals surface area contributed by atoms with E-state index < -0.39 is 34.9 Å². The third kappa shape index (κ3) is 23.7. The first-order valence-corrected chi connectivity index (χ1v) is 40.8. The molecule has 4 spiro atoms. The zero-order valence-corrected chi connectivity index (χ0v) is 73.7. The average molecular weight is 1830 g/mol. The minimum absolute atomic E-state index is 0. The molecule has 0 atom stereocenters. The van der Waals surface area contributed by atoms with Gasteiger partial charge < -0.3 is 54.4 Å². The van der Waals surface area contributed by atoms with Crippen molar-refractivity contribution in [3.8, 4) is 62.1 Å². The van der Waals surface area contributed by atoms with Crippen LogP contribution in [-0.4, -0.2) is 116 Å². The van der Waals surface area contributed by atoms with E-state index in [9.17, 15) is 55.9 Å². The Bertz CT molecular complexity index is 5650. The van der Waals surface area contributed by atoms with Crippen molar-refractivity contribution in [1.29, 1.82) is 0 Å². The van der Waals surface area contributed by atoms with Crippen LogP contribution in [0.1, 0.15) is 257 Å². The number of halogens is 5. The van der Waals surface area contributed by atoms with Crippen LogP contribution in [0.4, 0.5) is 23.2 Å². The number of pyridine rings is 2. The van der Waals surface area contributed by atoms with Crippen molar-refractivity contribution >= 4 is 76.1 Å². The summed E-state index contributed by atoms with van der Waals surface area (Å²) in [6, 6.07) is 42.6. The van der Waals surface area contributed by atoms with E-state index in [2.05, 4.69) is 30.6 Å². The van der Waals surface area contributed by atoms with Gasteiger partial charge in [0.25, 0.3) is 0 Å². The number of aromatic nitrogens is 2. The quantitative estimate of drug-likeness (QED) is 0.0418. The number of ketones is 5. The molecule has 5 N–H and O–H groups in total. The molecular weight excluding hydrogens is 1720 g/mol. The molecule has 10 aromatic rings. The molecule has 8 aliphatic rings. The Hall–Kier alpha value is -10.6. The van der Waals surface area contributed by atoms with Crippen molar-refractivity contribution in [3.63, 3.8) is 0 Å². The van der Waals surface area contributed by atoms with E-state index >= 15 is 0 Å². The van der Waals surface area contributed by atoms with Gasteiger partial charge in [-0.05, 0) is 271 Å². The molecule has 0 unspecified atom stereocenters. The van der Waals surface area contributed by atoms with Gasteiger partial charge >= 0.3 is 77.0 Å². The molecule has 0 amide bonds. The van der Waals surface area contributed by atoms with Crippen LogP contribution in [0.25, 0.3) is 33.4 Å². The van der Waals surface area contributed by atoms with Crippen molar-refractivity contribution in [2.45, 2.75) is 203 Å². The summed E-state index contributed by atoms with van der Waals surface area (Å²) in [5.41, 5.74) is 17.1. The monoisotopic (exact) mass is 1830 g/mol. The normalized spacial score (nSPS) is 15.4. The van der Waals surface area contributed by atoms with Gasteiger partial charge in [-0.25, -0.2) is 31.9 Å². The summed E-state index contributed by atoms with van der Waals surface area (Å²) in [5, 5.41) is 17.4. The first kappa shape index (κ1) is 104. The van der Waals surface area contributed by atoms with Gasteiger partial charge in [-0.1, -0.05) is 94.2 Å². The fraction of sp³-hybridized carbons (Fsp3) is 0.333. The smallest absolute Gasteiger partial charge is 0.870 e. The minimum Gasteiger partial charge on any atom is -0.870 e. The van der Waals surface area contributed by atoms with Crippen LogP contribution < -0.4 is 80.7 Å². The Kier molecular flexibility index (Phi) is 36.2. The third-order valence-electron chi connectivity index (χ3n) is 23.1. The SMILES string of the molecule is C.C.C.C.CCOC(=O)c1ccc(-c2cc3c(cc2C)C(=O)CC2(CCC2)O3)cc1.CCOC(=O)c1ccc(O[B]O)cc1.Cc1cc2c(cc1-c1ccc(C(=O)Cc3c(F)cncc3F)cc1)OC1(CCC1)CC2=O.Cc1cc2c(cc1-c1ccc(C(=O)O)cc1)OC1(CCC1)CC2=O.Cc1cc2c(cc1Br)OC1(CCC1)CC2=O.Nc1c(F)cncc1F.[K+].[OH-]. The molecule has 127 heavy (non-hydrogen) atoms. The fourth-order valence-electron chi connectivity index (χ4n) is 15.8. The molecule has 8 aromatic carbocycles. The number of ether oxygens (including phenoxy) is 6. The van der Waals surface area contributed by atoms with Gasteiger partial charge in [0, 0.05) is 22.0 Å². The number of nitrogens with zero attached hydrogens (tertiary/aromatic N) is 2. The molecule has 0 saturated heterocycles. The van der Waals surface area contributed by atoms with Crippen molar-refractivity contribution in [2.75, 3.05) is 18.9 Å². The second-order valence-electron chi connectivity index (χ2n) is 31.5. The first-order valence-electron chi connectivity index (χ1n) is 40.0. The number of carbonyl (C=O) groups is 8. The zero-order chi connectivity index (χ0) is 86.2. The first-order chi connectivity index (χ1) is 57.9. The predicted molar refractivity (Wildman–Crippen MR) is 477 cm³/mol. The molecule has 6 heterocycles. The number of aryl methyl sites for hydroxylation is 4. The maximum atomic E-state index is 13.8. The molecule has 21 nitrogen and oxygen atoms in total. The van der Waals surface area contributed by atoms with Crippen LogP contribution in [0.2, 0.25) is 0 Å². The topological polar surface area (TPSA) is 323 Å². The Morgan fingerprint density at radius 1 is 0.441 bits per heavy atom. The molecule has 4 saturated carbocycles. The number of Topliss-reactive ketones (excluding diaryl/α,β-unsaturated/α-hetero) is 5. The largest absolute Gasteiger partial charge is 1.00 e. The number of carboxylic acid groups (broad SMARTS) is 1. The zero-order valence-electron chi connectivity index (χ0n) is 69.0. The molecule has 663 valence electrons. The van der Waals surface area contributed by atoms with Crippen LogP contribution in [0.5, 0.6) is 28.7 Å². The predicted octanol–water partition coefficient (Wildman–Crippen LogP) is 19.4. The molecule has 28 heteroatoms. The number of anilines is 1. The van der Waals surface area contributed by atoms with Crippen LogP contribution in [0.15, 0.2) is 175 Å². The maximum absolute atomic E-state index is 13.8. The third-order valence-corrected chi connectivity index (χ3v) is 24.0. The Morgan fingerprint density at radius 3 is 1.02 bits per heavy atom. The summed E-state index contributed by atoms with van der Waals surface area (Å²) in [5.74, 6) is -1.45. The molecule has 2 aromatic heterocycles. The second-order valence-corrected chi connectivity index (χ2v) is 32.3. The van der Waals surface area contributed by atoms with E-state index in [-0.39, 0.29) is 167 Å². The molecule has 18 rings (SSSR count). The summed E-state index contributed by atoms with van der Waals surface area (Å²) in [4.78, 5) is 103. The minimum atomic E-state index is -0.940. The fourth-order valence-corrected chi connectivity index (χ4v) is 16.1. The molecule has 4 aliphatic carbocycles. The number of nitrogen functional groups attached to an aromatic ring is 1. The maximum Gasteiger partial charge on any atom is 1.00 e. The van der Waals surface area contributed by atoms with Gasteiger partial charge in [0.05, 0.1) is 103 Å². The number of carboxylic acids is 1. The van der Waals surface area contributed by atoms with Crippen molar-refractivity contribution in [2.24, 2.45) is 0 Å². The molecule has 4 fully saturated rings. The number of carbonyl (C=O) groups excluding carboxylic acids is 7. The van der Waals surface area contributed by atoms with Gasteiger partial charge in [-0.15, -0.1) is 0 Å². The van der Waals surface area contributed by atoms with E-state index in [4.69, 9.17) is 44.3 Å². The number of hydrogen-bond donors (Lipinski definition) is 3. The van der Waals surface area contributed by atoms with E-state index in [0.29, 0.717) is 103 Å². The van der Waals surface area contributed by atoms with Gasteiger partial charge in [-0.3, -0.25) is 33.9 Å². The van der Waals surface area contributed by atoms with Gasteiger partial charge in [0.1, 0.15) is 68.5 Å². The van der Waals surface area contributed by atoms with Crippen molar-refractivity contribution in [1.82, 2.24) is 9.97 Å². The van der Waals surface area contributed by atoms with Crippen LogP contribution in [0.3, 0.4) is 0 Å². The number of benzene rings is 8. The summed E-state index contributed by atoms with van der Waals surface area (Å²) in [6.45, 7) is 12.1. The van der Waals surface area contributed by atoms with Crippen LogP contribution in [0, 0.1) is 51.0 Å². The number of aromatic carboxylic acids is 1. The second kappa shape index (κ2) is 44.4. The van der Waals surface area contributed by atoms with Gasteiger partial charge in [0.15, 0.2) is 40.6 Å². The van der Waals surface area contributed by atoms with Crippen LogP contribution in [-0.2, 0) is 15.9 Å². The molecule has 0 bridgehead atoms. The number of rotatable bonds is 13. The summed E-state index contributed by atoms with van der Waals surface area (Å²) >= 11 is 3.48. The Labute approximate surface area is 789 Å². The standard InChI is InChI=1S/C26H21F2NO3.C22H22O4.C20H18O4.C13H13BrO2.C9H10BO4.C5H4F2N2.4CH4.K.H2O/c1-15-9-20-24(31)12-26(7-2-8-26)32-25(20)11-18(15)16-3-5-17(6-4-16)23(30)10-19-21(27)13-29-14-22(19)28;1-3-25-21(24)16-7-5-15(6-8-16)17-12-20-18(11-14(17)2)19(23)13-22(26-20)9-4-10-22;1-12-9-16-17(21)11-20(7-2-8-20)24-18(16)10-15(12)13-3-5-14(6-4-13)19(22)23;1-8-5-9-11(15)7-13(3-2-4-13)16-12(9)6-10(8)14;1-2-13-9(11)7-3-5-8(6-4-7)14-10-12;6-3-1-9-2-4(7)5(3)8;;;;;;/h3-6,9,11,13-14H,2,7-8,10,12H2,1H3;5-8,11-12H,3-4,9-10,13H2,1-2H3;3-6,9-10H,2,7-8,11H2,1H3,(H,22,23);5-6H,2-4,7H2,1H3;3-6,12H,2H2,1H3;1-2H,(H2,8,9);4*1H4;;1H2/q;;;;;;;;;;+1;/p-1. The van der Waals surface area contributed by atoms with Crippen LogP contribution >= 0.6 is 15.9 Å². The van der Waals surface area contributed by atoms with E-state index in [0.717, 1.165) is 167 Å². The Morgan fingerprint density at radius 2 is 0.732 bits per heavy atom. The number of fused-ring (bicyclic) bond motifs is 4. The summed E-state index contributed by atoms with van der Waals surface area (Å²) in [6.07, 6.45) is 17.2. The molecule has 1 radical (unpaired) electrons. The van der Waals surface area contributed by atoms with E-state index in [1.807, 2.05) is 88.4 Å². The number of hydrogen-bond acceptors (Lipinski definition) is 20. The molecular formula is C99H105BBrF4KN3O18. The van der Waals surface area contributed by atoms with Gasteiger partial charge in [0.2, 0.25) is 0 Å². The van der Waals surface area contributed by atoms with Gasteiger partial charge in [-0.2, -0.15) is 0 Å². The molecule has 4 aliphatic heterocycles. The van der Waals surface area contributed by atoms with E-state index in [1.165, 1.54) is 6.42 Å². The number of esters is 2. The average Bonchev–Trinajstić information content (AvgIpc) is 0.763.